The highest BCUT2D eigenvalue weighted by Gasteiger charge is 2.28. The fourth-order valence-electron chi connectivity index (χ4n) is 5.18. The van der Waals surface area contributed by atoms with Gasteiger partial charge in [0.25, 0.3) is 6.43 Å². The van der Waals surface area contributed by atoms with Crippen molar-refractivity contribution in [3.05, 3.63) is 64.9 Å². The van der Waals surface area contributed by atoms with Crippen molar-refractivity contribution in [1.82, 2.24) is 15.1 Å². The molecule has 0 radical (unpaired) electrons. The summed E-state index contributed by atoms with van der Waals surface area (Å²) < 4.78 is 28.9. The lowest BCUT2D eigenvalue weighted by molar-refractivity contribution is 0.133. The Hall–Kier alpha value is -2.64. The van der Waals surface area contributed by atoms with Gasteiger partial charge in [-0.2, -0.15) is 5.10 Å². The molecule has 2 saturated heterocycles. The lowest BCUT2D eigenvalue weighted by Crippen LogP contribution is -2.43. The summed E-state index contributed by atoms with van der Waals surface area (Å²) in [6.07, 6.45) is 0.742. The van der Waals surface area contributed by atoms with E-state index >= 15 is 0 Å². The monoisotopic (exact) mass is 485 g/mol. The van der Waals surface area contributed by atoms with Crippen LogP contribution < -0.4 is 15.1 Å². The molecular weight excluding hydrogens is 456 g/mol. The molecule has 1 unspecified atom stereocenters. The van der Waals surface area contributed by atoms with Gasteiger partial charge in [0.1, 0.15) is 5.69 Å². The van der Waals surface area contributed by atoms with Crippen LogP contribution in [0.25, 0.3) is 11.1 Å². The molecule has 34 heavy (non-hydrogen) atoms. The minimum absolute atomic E-state index is 0.0293. The first kappa shape index (κ1) is 23.1. The smallest absolute Gasteiger partial charge is 0.280 e. The summed E-state index contributed by atoms with van der Waals surface area (Å²) in [6.45, 7) is 7.19. The number of anilines is 2. The second-order valence-electron chi connectivity index (χ2n) is 9.15. The van der Waals surface area contributed by atoms with Gasteiger partial charge in [-0.3, -0.25) is 4.68 Å². The van der Waals surface area contributed by atoms with Gasteiger partial charge in [-0.1, -0.05) is 29.8 Å². The van der Waals surface area contributed by atoms with Gasteiger partial charge in [-0.05, 0) is 55.2 Å². The summed E-state index contributed by atoms with van der Waals surface area (Å²) in [7, 11) is 0. The van der Waals surface area contributed by atoms with Gasteiger partial charge in [0.2, 0.25) is 0 Å². The van der Waals surface area contributed by atoms with E-state index < -0.39 is 6.43 Å². The van der Waals surface area contributed by atoms with Crippen molar-refractivity contribution in [2.45, 2.75) is 32.2 Å². The third-order valence-electron chi connectivity index (χ3n) is 6.94. The minimum Gasteiger partial charge on any atom is -0.369 e. The van der Waals surface area contributed by atoms with Gasteiger partial charge in [0.15, 0.2) is 0 Å². The molecule has 3 aromatic rings. The number of nitrogens with zero attached hydrogens (tertiary/aromatic N) is 4. The summed E-state index contributed by atoms with van der Waals surface area (Å²) >= 11 is 6.42. The first-order valence-electron chi connectivity index (χ1n) is 11.9. The van der Waals surface area contributed by atoms with Crippen LogP contribution in [0.1, 0.15) is 36.6 Å². The summed E-state index contributed by atoms with van der Waals surface area (Å²) in [5, 5.41) is 8.37. The SMILES string of the molecule is Cc1cnn(C2CCCN(c3cc(Cl)ccc3-c3ccc(N4CCNCC4)cc3)C2)c1C(F)F. The number of alkyl halides is 2. The predicted molar refractivity (Wildman–Crippen MR) is 134 cm³/mol. The highest BCUT2D eigenvalue weighted by molar-refractivity contribution is 6.31. The largest absolute Gasteiger partial charge is 0.369 e. The van der Waals surface area contributed by atoms with Crippen LogP contribution in [0.4, 0.5) is 20.2 Å². The number of hydrogen-bond donors (Lipinski definition) is 1. The lowest BCUT2D eigenvalue weighted by Gasteiger charge is -2.36. The van der Waals surface area contributed by atoms with Crippen molar-refractivity contribution in [2.75, 3.05) is 49.1 Å². The molecule has 5 nitrogen and oxygen atoms in total. The van der Waals surface area contributed by atoms with Crippen molar-refractivity contribution in [3.8, 4) is 11.1 Å². The molecule has 1 atom stereocenters. The van der Waals surface area contributed by atoms with E-state index in [0.717, 1.165) is 62.4 Å². The van der Waals surface area contributed by atoms with Gasteiger partial charge in [0, 0.05) is 61.2 Å². The van der Waals surface area contributed by atoms with Crippen LogP contribution in [0.5, 0.6) is 0 Å². The van der Waals surface area contributed by atoms with E-state index in [1.807, 2.05) is 12.1 Å². The molecule has 0 amide bonds. The van der Waals surface area contributed by atoms with Crippen LogP contribution in [-0.4, -0.2) is 49.0 Å². The van der Waals surface area contributed by atoms with Crippen molar-refractivity contribution in [1.29, 1.82) is 0 Å². The van der Waals surface area contributed by atoms with Crippen molar-refractivity contribution in [2.24, 2.45) is 0 Å². The molecule has 180 valence electrons. The normalized spacial score (nSPS) is 19.1. The molecule has 2 aliphatic heterocycles. The van der Waals surface area contributed by atoms with Crippen LogP contribution in [0.15, 0.2) is 48.7 Å². The molecule has 0 bridgehead atoms. The number of piperidine rings is 1. The highest BCUT2D eigenvalue weighted by atomic mass is 35.5. The molecule has 1 N–H and O–H groups in total. The van der Waals surface area contributed by atoms with E-state index in [4.69, 9.17) is 11.6 Å². The number of nitrogens with one attached hydrogen (secondary N) is 1. The molecule has 2 fully saturated rings. The van der Waals surface area contributed by atoms with Gasteiger partial charge in [0.05, 0.1) is 12.2 Å². The molecular formula is C26H30ClF2N5. The number of hydrogen-bond acceptors (Lipinski definition) is 4. The number of benzene rings is 2. The predicted octanol–water partition coefficient (Wildman–Crippen LogP) is 5.70. The molecule has 0 saturated carbocycles. The fourth-order valence-corrected chi connectivity index (χ4v) is 5.35. The van der Waals surface area contributed by atoms with E-state index in [0.29, 0.717) is 17.1 Å². The van der Waals surface area contributed by atoms with Crippen LogP contribution in [0, 0.1) is 6.92 Å². The van der Waals surface area contributed by atoms with Crippen LogP contribution in [-0.2, 0) is 0 Å². The molecule has 3 heterocycles. The maximum absolute atomic E-state index is 13.7. The van der Waals surface area contributed by atoms with Crippen molar-refractivity contribution in [3.63, 3.8) is 0 Å². The average Bonchev–Trinajstić information content (AvgIpc) is 3.26. The second kappa shape index (κ2) is 9.92. The number of aromatic nitrogens is 2. The number of aryl methyl sites for hydroxylation is 1. The Kier molecular flexibility index (Phi) is 6.75. The topological polar surface area (TPSA) is 36.3 Å². The zero-order chi connectivity index (χ0) is 23.7. The summed E-state index contributed by atoms with van der Waals surface area (Å²) in [4.78, 5) is 4.66. The van der Waals surface area contributed by atoms with Gasteiger partial charge in [-0.15, -0.1) is 0 Å². The quantitative estimate of drug-likeness (QED) is 0.503. The summed E-state index contributed by atoms with van der Waals surface area (Å²) in [6, 6.07) is 14.6. The summed E-state index contributed by atoms with van der Waals surface area (Å²) in [5.41, 5.74) is 5.06. The second-order valence-corrected chi connectivity index (χ2v) is 9.58. The standard InChI is InChI=1S/C26H30ClF2N5/c1-18-16-31-34(25(18)26(28)29)22-3-2-12-33(17-22)24-15-20(27)6-9-23(24)19-4-7-21(8-5-19)32-13-10-30-11-14-32/h4-9,15-16,22,26,30H,2-3,10-14,17H2,1H3. The maximum Gasteiger partial charge on any atom is 0.280 e. The Labute approximate surface area is 204 Å². The number of rotatable bonds is 5. The molecule has 2 aliphatic rings. The third kappa shape index (κ3) is 4.64. The third-order valence-corrected chi connectivity index (χ3v) is 7.17. The number of piperazine rings is 1. The van der Waals surface area contributed by atoms with E-state index in [1.165, 1.54) is 5.69 Å². The van der Waals surface area contributed by atoms with Gasteiger partial charge < -0.3 is 15.1 Å². The average molecular weight is 486 g/mol. The molecule has 0 spiro atoms. The van der Waals surface area contributed by atoms with Crippen molar-refractivity contribution < 1.29 is 8.78 Å². The zero-order valence-corrected chi connectivity index (χ0v) is 20.1. The first-order valence-corrected chi connectivity index (χ1v) is 12.3. The molecule has 1 aromatic heterocycles. The fraction of sp³-hybridized carbons (Fsp3) is 0.423. The Morgan fingerprint density at radius 3 is 2.53 bits per heavy atom. The van der Waals surface area contributed by atoms with E-state index in [-0.39, 0.29) is 11.7 Å². The van der Waals surface area contributed by atoms with Crippen LogP contribution in [0.2, 0.25) is 5.02 Å². The van der Waals surface area contributed by atoms with E-state index in [9.17, 15) is 8.78 Å². The Morgan fingerprint density at radius 2 is 1.79 bits per heavy atom. The Morgan fingerprint density at radius 1 is 1.03 bits per heavy atom. The summed E-state index contributed by atoms with van der Waals surface area (Å²) in [5.74, 6) is 0. The maximum atomic E-state index is 13.7. The van der Waals surface area contributed by atoms with E-state index in [1.54, 1.807) is 17.8 Å². The molecule has 2 aromatic carbocycles. The molecule has 5 rings (SSSR count). The Bertz CT molecular complexity index is 1120. The Balaban J connectivity index is 1.43. The highest BCUT2D eigenvalue weighted by Crippen LogP contribution is 2.38. The van der Waals surface area contributed by atoms with Crippen LogP contribution >= 0.6 is 11.6 Å². The van der Waals surface area contributed by atoms with Gasteiger partial charge in [-0.25, -0.2) is 8.78 Å². The molecule has 0 aliphatic carbocycles. The van der Waals surface area contributed by atoms with Gasteiger partial charge >= 0.3 is 0 Å². The number of halogens is 3. The van der Waals surface area contributed by atoms with E-state index in [2.05, 4.69) is 50.5 Å². The van der Waals surface area contributed by atoms with Crippen LogP contribution in [0.3, 0.4) is 0 Å². The zero-order valence-electron chi connectivity index (χ0n) is 19.4. The van der Waals surface area contributed by atoms with Crippen molar-refractivity contribution >= 4 is 23.0 Å². The first-order chi connectivity index (χ1) is 16.5. The lowest BCUT2D eigenvalue weighted by atomic mass is 9.99. The minimum atomic E-state index is -2.53. The molecule has 8 heteroatoms.